The summed E-state index contributed by atoms with van der Waals surface area (Å²) in [7, 11) is 2.92. The number of rotatable bonds is 4. The van der Waals surface area contributed by atoms with Crippen LogP contribution in [-0.2, 0) is 11.8 Å². The quantitative estimate of drug-likeness (QED) is 0.784. The fourth-order valence-corrected chi connectivity index (χ4v) is 1.29. The molecular formula is C11H18N4O3. The van der Waals surface area contributed by atoms with Crippen LogP contribution in [0.5, 0.6) is 0 Å². The summed E-state index contributed by atoms with van der Waals surface area (Å²) in [5.74, 6) is -0.237. The Bertz CT molecular complexity index is 439. The van der Waals surface area contributed by atoms with Crippen LogP contribution in [0.15, 0.2) is 6.20 Å². The summed E-state index contributed by atoms with van der Waals surface area (Å²) >= 11 is 0. The number of hydrogen-bond acceptors (Lipinski definition) is 4. The van der Waals surface area contributed by atoms with Crippen molar-refractivity contribution in [2.75, 3.05) is 19.0 Å². The van der Waals surface area contributed by atoms with E-state index in [0.717, 1.165) is 0 Å². The van der Waals surface area contributed by atoms with Crippen molar-refractivity contribution in [3.05, 3.63) is 11.9 Å². The molecule has 0 atom stereocenters. The zero-order valence-corrected chi connectivity index (χ0v) is 11.0. The molecule has 0 spiro atoms. The highest BCUT2D eigenvalue weighted by molar-refractivity contribution is 5.99. The first kappa shape index (κ1) is 14.0. The van der Waals surface area contributed by atoms with Crippen LogP contribution in [0.2, 0.25) is 0 Å². The van der Waals surface area contributed by atoms with Crippen molar-refractivity contribution >= 4 is 17.7 Å². The molecule has 0 saturated heterocycles. The van der Waals surface area contributed by atoms with E-state index in [1.165, 1.54) is 11.8 Å². The molecule has 18 heavy (non-hydrogen) atoms. The van der Waals surface area contributed by atoms with Crippen LogP contribution in [0.4, 0.5) is 10.5 Å². The van der Waals surface area contributed by atoms with Gasteiger partial charge in [-0.3, -0.25) is 4.68 Å². The Balaban J connectivity index is 2.72. The number of ether oxygens (including phenoxy) is 1. The molecule has 1 aromatic heterocycles. The smallest absolute Gasteiger partial charge is 0.360 e. The zero-order chi connectivity index (χ0) is 13.7. The highest BCUT2D eigenvalue weighted by Crippen LogP contribution is 2.13. The number of esters is 1. The summed E-state index contributed by atoms with van der Waals surface area (Å²) in [6, 6.07) is -0.373. The van der Waals surface area contributed by atoms with Gasteiger partial charge < -0.3 is 15.4 Å². The van der Waals surface area contributed by atoms with Crippen molar-refractivity contribution in [1.29, 1.82) is 0 Å². The van der Waals surface area contributed by atoms with Gasteiger partial charge in [0.1, 0.15) is 0 Å². The fraction of sp³-hybridized carbons (Fsp3) is 0.545. The highest BCUT2D eigenvalue weighted by atomic mass is 16.5. The van der Waals surface area contributed by atoms with Gasteiger partial charge in [-0.15, -0.1) is 0 Å². The molecule has 0 saturated carbocycles. The number of aromatic nitrogens is 2. The lowest BCUT2D eigenvalue weighted by atomic mass is 10.2. The number of carbonyl (C=O) groups is 2. The number of methoxy groups -OCH3 is 1. The lowest BCUT2D eigenvalue weighted by molar-refractivity contribution is 0.0594. The first-order valence-electron chi connectivity index (χ1n) is 5.60. The van der Waals surface area contributed by atoms with E-state index in [2.05, 4.69) is 20.5 Å². The minimum absolute atomic E-state index is 0.0831. The van der Waals surface area contributed by atoms with Crippen LogP contribution in [0.25, 0.3) is 0 Å². The predicted octanol–water partition coefficient (Wildman–Crippen LogP) is 0.984. The minimum atomic E-state index is -0.588. The van der Waals surface area contributed by atoms with Gasteiger partial charge in [-0.1, -0.05) is 13.8 Å². The third kappa shape index (κ3) is 3.76. The molecule has 0 unspecified atom stereocenters. The molecule has 1 aromatic rings. The Labute approximate surface area is 105 Å². The van der Waals surface area contributed by atoms with Crippen LogP contribution in [0.1, 0.15) is 24.3 Å². The molecule has 2 amide bonds. The molecule has 0 aliphatic rings. The van der Waals surface area contributed by atoms with E-state index in [1.54, 1.807) is 13.2 Å². The van der Waals surface area contributed by atoms with Crippen LogP contribution in [0, 0.1) is 5.92 Å². The number of nitrogens with zero attached hydrogens (tertiary/aromatic N) is 2. The predicted molar refractivity (Wildman–Crippen MR) is 66.4 cm³/mol. The van der Waals surface area contributed by atoms with E-state index in [-0.39, 0.29) is 11.7 Å². The Kier molecular flexibility index (Phi) is 4.70. The Hall–Kier alpha value is -2.05. The number of urea groups is 1. The molecule has 0 fully saturated rings. The molecule has 1 rings (SSSR count). The van der Waals surface area contributed by atoms with Crippen LogP contribution in [0.3, 0.4) is 0 Å². The molecule has 0 aliphatic carbocycles. The average molecular weight is 254 g/mol. The average Bonchev–Trinajstić information content (AvgIpc) is 2.66. The molecule has 0 aromatic carbocycles. The van der Waals surface area contributed by atoms with Crippen molar-refractivity contribution in [3.8, 4) is 0 Å². The molecule has 0 bridgehead atoms. The van der Waals surface area contributed by atoms with E-state index in [0.29, 0.717) is 18.2 Å². The van der Waals surface area contributed by atoms with E-state index in [1.807, 2.05) is 13.8 Å². The number of aryl methyl sites for hydroxylation is 1. The summed E-state index contributed by atoms with van der Waals surface area (Å²) in [6.07, 6.45) is 1.54. The summed E-state index contributed by atoms with van der Waals surface area (Å²) in [5.41, 5.74) is 0.408. The lowest BCUT2D eigenvalue weighted by Gasteiger charge is -2.08. The minimum Gasteiger partial charge on any atom is -0.464 e. The third-order valence-electron chi connectivity index (χ3n) is 2.13. The van der Waals surface area contributed by atoms with Gasteiger partial charge in [-0.2, -0.15) is 5.10 Å². The van der Waals surface area contributed by atoms with Crippen molar-refractivity contribution < 1.29 is 14.3 Å². The second kappa shape index (κ2) is 6.04. The van der Waals surface area contributed by atoms with Gasteiger partial charge >= 0.3 is 12.0 Å². The van der Waals surface area contributed by atoms with Crippen molar-refractivity contribution in [1.82, 2.24) is 15.1 Å². The summed E-state index contributed by atoms with van der Waals surface area (Å²) in [5, 5.41) is 9.18. The Morgan fingerprint density at radius 2 is 2.17 bits per heavy atom. The second-order valence-electron chi connectivity index (χ2n) is 4.29. The Morgan fingerprint density at radius 3 is 2.72 bits per heavy atom. The standard InChI is InChI=1S/C11H18N4O3/c1-7(2)5-12-11(17)13-8-6-15(3)14-9(8)10(16)18-4/h6-7H,5H2,1-4H3,(H2,12,13,17). The summed E-state index contributed by atoms with van der Waals surface area (Å²) < 4.78 is 6.02. The first-order valence-corrected chi connectivity index (χ1v) is 5.60. The van der Waals surface area contributed by atoms with Gasteiger partial charge in [-0.05, 0) is 5.92 Å². The fourth-order valence-electron chi connectivity index (χ4n) is 1.29. The van der Waals surface area contributed by atoms with Gasteiger partial charge in [0.25, 0.3) is 0 Å². The maximum absolute atomic E-state index is 11.6. The number of nitrogens with one attached hydrogen (secondary N) is 2. The second-order valence-corrected chi connectivity index (χ2v) is 4.29. The monoisotopic (exact) mass is 254 g/mol. The molecule has 1 heterocycles. The lowest BCUT2D eigenvalue weighted by Crippen LogP contribution is -2.32. The summed E-state index contributed by atoms with van der Waals surface area (Å²) in [4.78, 5) is 23.0. The number of amides is 2. The number of hydrogen-bond donors (Lipinski definition) is 2. The van der Waals surface area contributed by atoms with Gasteiger partial charge in [0.15, 0.2) is 5.69 Å². The molecular weight excluding hydrogens is 236 g/mol. The SMILES string of the molecule is COC(=O)c1nn(C)cc1NC(=O)NCC(C)C. The third-order valence-corrected chi connectivity index (χ3v) is 2.13. The van der Waals surface area contributed by atoms with E-state index < -0.39 is 5.97 Å². The van der Waals surface area contributed by atoms with E-state index >= 15 is 0 Å². The van der Waals surface area contributed by atoms with Crippen LogP contribution < -0.4 is 10.6 Å². The van der Waals surface area contributed by atoms with Gasteiger partial charge in [0.05, 0.1) is 12.8 Å². The van der Waals surface area contributed by atoms with Crippen molar-refractivity contribution in [2.45, 2.75) is 13.8 Å². The largest absolute Gasteiger partial charge is 0.464 e. The van der Waals surface area contributed by atoms with Gasteiger partial charge in [-0.25, -0.2) is 9.59 Å². The van der Waals surface area contributed by atoms with E-state index in [4.69, 9.17) is 0 Å². The van der Waals surface area contributed by atoms with Crippen molar-refractivity contribution in [3.63, 3.8) is 0 Å². The summed E-state index contributed by atoms with van der Waals surface area (Å²) in [6.45, 7) is 4.54. The van der Waals surface area contributed by atoms with Gasteiger partial charge in [0, 0.05) is 19.8 Å². The number of carbonyl (C=O) groups excluding carboxylic acids is 2. The van der Waals surface area contributed by atoms with Gasteiger partial charge in [0.2, 0.25) is 0 Å². The van der Waals surface area contributed by atoms with Crippen LogP contribution in [-0.4, -0.2) is 35.4 Å². The molecule has 2 N–H and O–H groups in total. The molecule has 7 nitrogen and oxygen atoms in total. The number of anilines is 1. The first-order chi connectivity index (χ1) is 8.43. The topological polar surface area (TPSA) is 85.2 Å². The van der Waals surface area contributed by atoms with Crippen molar-refractivity contribution in [2.24, 2.45) is 13.0 Å². The zero-order valence-electron chi connectivity index (χ0n) is 11.0. The highest BCUT2D eigenvalue weighted by Gasteiger charge is 2.18. The maximum atomic E-state index is 11.6. The molecule has 7 heteroatoms. The molecule has 100 valence electrons. The molecule has 0 radical (unpaired) electrons. The Morgan fingerprint density at radius 1 is 1.50 bits per heavy atom. The normalized spacial score (nSPS) is 10.3. The maximum Gasteiger partial charge on any atom is 0.360 e. The molecule has 0 aliphatic heterocycles. The van der Waals surface area contributed by atoms with Crippen LogP contribution >= 0.6 is 0 Å². The van der Waals surface area contributed by atoms with E-state index in [9.17, 15) is 9.59 Å².